The molecule has 0 radical (unpaired) electrons. The highest BCUT2D eigenvalue weighted by molar-refractivity contribution is 5.86. The maximum Gasteiger partial charge on any atom is 0.329 e. The number of carboxylic acid groups (broad SMARTS) is 1. The first-order valence-corrected chi connectivity index (χ1v) is 5.71. The molecule has 0 saturated carbocycles. The maximum atomic E-state index is 12.5. The molecule has 1 amide bonds. The minimum absolute atomic E-state index is 0. The first kappa shape index (κ1) is 20.9. The summed E-state index contributed by atoms with van der Waals surface area (Å²) in [4.78, 5) is 33.0. The highest BCUT2D eigenvalue weighted by Crippen LogP contribution is 2.00. The van der Waals surface area contributed by atoms with Crippen LogP contribution >= 0.6 is 0 Å². The minimum atomic E-state index is -1.23. The molecule has 0 bridgehead atoms. The second kappa shape index (κ2) is 9.49. The quantitative estimate of drug-likeness (QED) is 0.276. The van der Waals surface area contributed by atoms with E-state index in [9.17, 15) is 18.8 Å². The molecule has 20 heavy (non-hydrogen) atoms. The third kappa shape index (κ3) is 9.51. The van der Waals surface area contributed by atoms with Gasteiger partial charge in [0.15, 0.2) is 0 Å². The Morgan fingerprint density at radius 3 is 2.30 bits per heavy atom. The number of alkyl halides is 1. The Kier molecular flexibility index (Phi) is 9.91. The summed E-state index contributed by atoms with van der Waals surface area (Å²) in [5.41, 5.74) is 0. The molecule has 7 nitrogen and oxygen atoms in total. The minimum Gasteiger partial charge on any atom is -1.00 e. The van der Waals surface area contributed by atoms with Gasteiger partial charge in [0, 0.05) is 6.92 Å². The number of quaternary nitrogens is 1. The summed E-state index contributed by atoms with van der Waals surface area (Å²) < 4.78 is 17.4. The van der Waals surface area contributed by atoms with Crippen LogP contribution in [0.25, 0.3) is 0 Å². The van der Waals surface area contributed by atoms with E-state index in [1.54, 1.807) is 14.1 Å². The van der Waals surface area contributed by atoms with Crippen LogP contribution in [0, 0.1) is 0 Å². The number of esters is 1. The standard InChI is InChI=1S/C11H19FN2O5.ClH/c1-8(15)13-9(6-10(16)17)11(18)19-5-4-14(2,3)7-12;/h9H,4-7H2,1-3H3,(H-,13,15,16,17);1H. The molecular weight excluding hydrogens is 295 g/mol. The van der Waals surface area contributed by atoms with E-state index < -0.39 is 37.1 Å². The van der Waals surface area contributed by atoms with Crippen molar-refractivity contribution in [2.45, 2.75) is 19.4 Å². The van der Waals surface area contributed by atoms with Gasteiger partial charge in [-0.15, -0.1) is 0 Å². The zero-order valence-electron chi connectivity index (χ0n) is 11.7. The summed E-state index contributed by atoms with van der Waals surface area (Å²) in [6.07, 6.45) is -0.556. The Balaban J connectivity index is 0. The van der Waals surface area contributed by atoms with Gasteiger partial charge in [-0.2, -0.15) is 4.39 Å². The largest absolute Gasteiger partial charge is 1.00 e. The fourth-order valence-corrected chi connectivity index (χ4v) is 1.17. The van der Waals surface area contributed by atoms with Gasteiger partial charge in [0.05, 0.1) is 20.5 Å². The average Bonchev–Trinajstić information content (AvgIpc) is 2.26. The van der Waals surface area contributed by atoms with Crippen LogP contribution in [0.5, 0.6) is 0 Å². The van der Waals surface area contributed by atoms with E-state index in [-0.39, 0.29) is 30.0 Å². The molecule has 9 heteroatoms. The van der Waals surface area contributed by atoms with Gasteiger partial charge in [-0.25, -0.2) is 4.79 Å². The first-order chi connectivity index (χ1) is 8.68. The number of rotatable bonds is 8. The number of likely N-dealkylation sites (N-methyl/N-ethyl adjacent to an activating group) is 1. The van der Waals surface area contributed by atoms with Crippen LogP contribution in [0.1, 0.15) is 13.3 Å². The monoisotopic (exact) mass is 314 g/mol. The van der Waals surface area contributed by atoms with E-state index in [1.807, 2.05) is 0 Å². The zero-order valence-corrected chi connectivity index (χ0v) is 12.4. The molecule has 0 saturated heterocycles. The van der Waals surface area contributed by atoms with Gasteiger partial charge in [0.25, 0.3) is 0 Å². The molecule has 0 aromatic heterocycles. The molecule has 118 valence electrons. The summed E-state index contributed by atoms with van der Waals surface area (Å²) in [6, 6.07) is -1.23. The van der Waals surface area contributed by atoms with Crippen LogP contribution in [0.15, 0.2) is 0 Å². The number of amides is 1. The third-order valence-electron chi connectivity index (χ3n) is 2.31. The lowest BCUT2D eigenvalue weighted by atomic mass is 10.2. The van der Waals surface area contributed by atoms with Crippen molar-refractivity contribution in [3.05, 3.63) is 0 Å². The summed E-state index contributed by atoms with van der Waals surface area (Å²) in [7, 11) is 3.24. The number of carbonyl (C=O) groups excluding carboxylic acids is 2. The van der Waals surface area contributed by atoms with Gasteiger partial charge in [-0.05, 0) is 0 Å². The van der Waals surface area contributed by atoms with E-state index in [0.29, 0.717) is 0 Å². The number of aliphatic carboxylic acids is 1. The van der Waals surface area contributed by atoms with Gasteiger partial charge in [-0.3, -0.25) is 14.1 Å². The number of hydrogen-bond donors (Lipinski definition) is 2. The van der Waals surface area contributed by atoms with Crippen LogP contribution in [-0.2, 0) is 19.1 Å². The van der Waals surface area contributed by atoms with Crippen molar-refractivity contribution in [1.82, 2.24) is 5.32 Å². The summed E-state index contributed by atoms with van der Waals surface area (Å²) >= 11 is 0. The topological polar surface area (TPSA) is 92.7 Å². The van der Waals surface area contributed by atoms with Crippen LogP contribution in [0.4, 0.5) is 4.39 Å². The van der Waals surface area contributed by atoms with Gasteiger partial charge in [-0.1, -0.05) is 0 Å². The molecule has 0 rings (SSSR count). The van der Waals surface area contributed by atoms with Crippen LogP contribution in [-0.4, -0.2) is 67.5 Å². The van der Waals surface area contributed by atoms with Crippen molar-refractivity contribution in [3.8, 4) is 0 Å². The van der Waals surface area contributed by atoms with Crippen molar-refractivity contribution >= 4 is 17.8 Å². The molecule has 1 atom stereocenters. The van der Waals surface area contributed by atoms with Crippen molar-refractivity contribution in [3.63, 3.8) is 0 Å². The Hall–Kier alpha value is -1.41. The van der Waals surface area contributed by atoms with Crippen LogP contribution in [0.3, 0.4) is 0 Å². The SMILES string of the molecule is CC(=O)NC(CC(=O)O)C(=O)OCC[N+](C)(C)CF.[Cl-]. The lowest BCUT2D eigenvalue weighted by Gasteiger charge is -2.25. The van der Waals surface area contributed by atoms with E-state index in [4.69, 9.17) is 9.84 Å². The smallest absolute Gasteiger partial charge is 0.329 e. The van der Waals surface area contributed by atoms with Crippen molar-refractivity contribution in [2.24, 2.45) is 0 Å². The Morgan fingerprint density at radius 2 is 1.90 bits per heavy atom. The molecule has 0 aliphatic rings. The van der Waals surface area contributed by atoms with Gasteiger partial charge in [0.1, 0.15) is 19.2 Å². The number of ether oxygens (including phenoxy) is 1. The molecule has 0 aromatic rings. The molecule has 0 spiro atoms. The lowest BCUT2D eigenvalue weighted by Crippen LogP contribution is -3.00. The van der Waals surface area contributed by atoms with E-state index in [2.05, 4.69) is 5.32 Å². The molecule has 2 N–H and O–H groups in total. The van der Waals surface area contributed by atoms with Crippen molar-refractivity contribution < 1.29 is 45.5 Å². The summed E-state index contributed by atoms with van der Waals surface area (Å²) in [5.74, 6) is -2.59. The van der Waals surface area contributed by atoms with Gasteiger partial charge < -0.3 is 27.6 Å². The molecule has 0 aliphatic carbocycles. The molecule has 0 aromatic carbocycles. The number of halogens is 2. The van der Waals surface area contributed by atoms with Crippen LogP contribution < -0.4 is 17.7 Å². The van der Waals surface area contributed by atoms with Crippen molar-refractivity contribution in [1.29, 1.82) is 0 Å². The molecule has 0 fully saturated rings. The Morgan fingerprint density at radius 1 is 1.35 bits per heavy atom. The van der Waals surface area contributed by atoms with E-state index >= 15 is 0 Å². The van der Waals surface area contributed by atoms with E-state index in [0.717, 1.165) is 0 Å². The Labute approximate surface area is 123 Å². The number of hydrogen-bond acceptors (Lipinski definition) is 4. The number of carbonyl (C=O) groups is 3. The van der Waals surface area contributed by atoms with E-state index in [1.165, 1.54) is 6.92 Å². The highest BCUT2D eigenvalue weighted by atomic mass is 35.5. The predicted molar refractivity (Wildman–Crippen MR) is 63.8 cm³/mol. The maximum absolute atomic E-state index is 12.5. The number of carboxylic acids is 1. The van der Waals surface area contributed by atoms with Gasteiger partial charge in [0.2, 0.25) is 12.7 Å². The third-order valence-corrected chi connectivity index (χ3v) is 2.31. The molecule has 0 aliphatic heterocycles. The Bertz CT molecular complexity index is 336. The average molecular weight is 315 g/mol. The number of nitrogens with one attached hydrogen (secondary N) is 1. The number of nitrogens with zero attached hydrogens (tertiary/aromatic N) is 1. The molecule has 1 unspecified atom stereocenters. The summed E-state index contributed by atoms with van der Waals surface area (Å²) in [5, 5.41) is 10.8. The second-order valence-corrected chi connectivity index (χ2v) is 4.80. The normalized spacial score (nSPS) is 12.0. The summed E-state index contributed by atoms with van der Waals surface area (Å²) in [6.45, 7) is 0.764. The fourth-order valence-electron chi connectivity index (χ4n) is 1.17. The molecule has 0 heterocycles. The van der Waals surface area contributed by atoms with Crippen molar-refractivity contribution in [2.75, 3.05) is 34.0 Å². The van der Waals surface area contributed by atoms with Crippen LogP contribution in [0.2, 0.25) is 0 Å². The predicted octanol–water partition coefficient (Wildman–Crippen LogP) is -3.48. The fraction of sp³-hybridized carbons (Fsp3) is 0.727. The second-order valence-electron chi connectivity index (χ2n) is 4.80. The first-order valence-electron chi connectivity index (χ1n) is 5.71. The lowest BCUT2D eigenvalue weighted by molar-refractivity contribution is -0.902. The molecular formula is C11H20ClFN2O5. The highest BCUT2D eigenvalue weighted by Gasteiger charge is 2.25. The van der Waals surface area contributed by atoms with Gasteiger partial charge >= 0.3 is 11.9 Å². The zero-order chi connectivity index (χ0) is 15.1.